The number of halogens is 2. The zero-order chi connectivity index (χ0) is 11.4. The zero-order valence-corrected chi connectivity index (χ0v) is 10.9. The van der Waals surface area contributed by atoms with E-state index in [1.807, 2.05) is 0 Å². The fourth-order valence-electron chi connectivity index (χ4n) is 1.19. The summed E-state index contributed by atoms with van der Waals surface area (Å²) >= 11 is 3.41. The molecule has 0 fully saturated rings. The van der Waals surface area contributed by atoms with E-state index in [9.17, 15) is 4.39 Å². The second-order valence-corrected chi connectivity index (χ2v) is 5.00. The molecule has 1 nitrogen and oxygen atoms in total. The third-order valence-electron chi connectivity index (χ3n) is 2.62. The minimum Gasteiger partial charge on any atom is -0.310 e. The van der Waals surface area contributed by atoms with Gasteiger partial charge in [-0.1, -0.05) is 29.8 Å². The topological polar surface area (TPSA) is 12.0 Å². The van der Waals surface area contributed by atoms with E-state index in [-0.39, 0.29) is 5.82 Å². The van der Waals surface area contributed by atoms with Gasteiger partial charge in [0.15, 0.2) is 0 Å². The Morgan fingerprint density at radius 3 is 2.60 bits per heavy atom. The lowest BCUT2D eigenvalue weighted by Gasteiger charge is -2.17. The molecule has 3 heteroatoms. The molecule has 1 atom stereocenters. The maximum absolute atomic E-state index is 13.0. The first-order valence-corrected chi connectivity index (χ1v) is 5.97. The first-order valence-electron chi connectivity index (χ1n) is 5.18. The lowest BCUT2D eigenvalue weighted by atomic mass is 10.1. The maximum Gasteiger partial charge on any atom is 0.123 e. The van der Waals surface area contributed by atoms with Crippen molar-refractivity contribution in [3.63, 3.8) is 0 Å². The highest BCUT2D eigenvalue weighted by Gasteiger charge is 2.07. The van der Waals surface area contributed by atoms with Gasteiger partial charge in [-0.05, 0) is 36.6 Å². The molecule has 0 radical (unpaired) electrons. The van der Waals surface area contributed by atoms with Gasteiger partial charge in [-0.25, -0.2) is 4.39 Å². The molecule has 1 N–H and O–H groups in total. The molecule has 1 aromatic rings. The van der Waals surface area contributed by atoms with Crippen molar-refractivity contribution in [3.8, 4) is 0 Å². The lowest BCUT2D eigenvalue weighted by molar-refractivity contribution is 0.425. The van der Waals surface area contributed by atoms with E-state index >= 15 is 0 Å². The molecule has 0 heterocycles. The SMILES string of the molecule is CC(C)C(C)NCc1cc(F)ccc1Br. The molecule has 0 saturated carbocycles. The van der Waals surface area contributed by atoms with Crippen LogP contribution >= 0.6 is 15.9 Å². The van der Waals surface area contributed by atoms with E-state index < -0.39 is 0 Å². The summed E-state index contributed by atoms with van der Waals surface area (Å²) in [5, 5.41) is 3.37. The molecule has 1 rings (SSSR count). The Morgan fingerprint density at radius 1 is 1.33 bits per heavy atom. The van der Waals surface area contributed by atoms with Crippen LogP contribution in [0.2, 0.25) is 0 Å². The first-order chi connectivity index (χ1) is 7.00. The molecule has 0 aliphatic carbocycles. The largest absolute Gasteiger partial charge is 0.310 e. The third kappa shape index (κ3) is 3.92. The highest BCUT2D eigenvalue weighted by Crippen LogP contribution is 2.18. The summed E-state index contributed by atoms with van der Waals surface area (Å²) < 4.78 is 13.9. The number of rotatable bonds is 4. The van der Waals surface area contributed by atoms with Gasteiger partial charge in [0.05, 0.1) is 0 Å². The van der Waals surface area contributed by atoms with Crippen molar-refractivity contribution in [3.05, 3.63) is 34.1 Å². The van der Waals surface area contributed by atoms with Crippen molar-refractivity contribution >= 4 is 15.9 Å². The summed E-state index contributed by atoms with van der Waals surface area (Å²) in [5.74, 6) is 0.393. The molecule has 1 aromatic carbocycles. The van der Waals surface area contributed by atoms with Crippen LogP contribution in [0.15, 0.2) is 22.7 Å². The predicted octanol–water partition coefficient (Wildman–Crippen LogP) is 3.72. The average molecular weight is 274 g/mol. The summed E-state index contributed by atoms with van der Waals surface area (Å²) in [7, 11) is 0. The van der Waals surface area contributed by atoms with E-state index in [1.54, 1.807) is 12.1 Å². The van der Waals surface area contributed by atoms with E-state index in [4.69, 9.17) is 0 Å². The minimum atomic E-state index is -0.188. The Hall–Kier alpha value is -0.410. The van der Waals surface area contributed by atoms with Crippen molar-refractivity contribution in [2.75, 3.05) is 0 Å². The lowest BCUT2D eigenvalue weighted by Crippen LogP contribution is -2.30. The molecule has 84 valence electrons. The summed E-state index contributed by atoms with van der Waals surface area (Å²) in [6.45, 7) is 7.16. The molecule has 1 unspecified atom stereocenters. The molecule has 0 aromatic heterocycles. The van der Waals surface area contributed by atoms with Gasteiger partial charge in [-0.15, -0.1) is 0 Å². The van der Waals surface area contributed by atoms with Crippen LogP contribution in [0.3, 0.4) is 0 Å². The smallest absolute Gasteiger partial charge is 0.123 e. The monoisotopic (exact) mass is 273 g/mol. The second kappa shape index (κ2) is 5.61. The van der Waals surface area contributed by atoms with Gasteiger partial charge < -0.3 is 5.32 Å². The highest BCUT2D eigenvalue weighted by atomic mass is 79.9. The minimum absolute atomic E-state index is 0.188. The van der Waals surface area contributed by atoms with Crippen LogP contribution in [-0.4, -0.2) is 6.04 Å². The van der Waals surface area contributed by atoms with Crippen LogP contribution < -0.4 is 5.32 Å². The van der Waals surface area contributed by atoms with E-state index in [2.05, 4.69) is 42.0 Å². The van der Waals surface area contributed by atoms with Crippen molar-refractivity contribution < 1.29 is 4.39 Å². The van der Waals surface area contributed by atoms with Crippen LogP contribution in [0, 0.1) is 11.7 Å². The summed E-state index contributed by atoms with van der Waals surface area (Å²) in [5.41, 5.74) is 0.961. The van der Waals surface area contributed by atoms with Crippen molar-refractivity contribution in [2.24, 2.45) is 5.92 Å². The fraction of sp³-hybridized carbons (Fsp3) is 0.500. The number of hydrogen-bond acceptors (Lipinski definition) is 1. The molecular formula is C12H17BrFN. The molecule has 0 aliphatic heterocycles. The normalized spacial score (nSPS) is 13.2. The van der Waals surface area contributed by atoms with Gasteiger partial charge in [0.25, 0.3) is 0 Å². The number of nitrogens with one attached hydrogen (secondary N) is 1. The van der Waals surface area contributed by atoms with Crippen LogP contribution in [0.25, 0.3) is 0 Å². The number of hydrogen-bond donors (Lipinski definition) is 1. The predicted molar refractivity (Wildman–Crippen MR) is 65.2 cm³/mol. The Balaban J connectivity index is 2.61. The molecule has 0 amide bonds. The molecular weight excluding hydrogens is 257 g/mol. The zero-order valence-electron chi connectivity index (χ0n) is 9.35. The maximum atomic E-state index is 13.0. The molecule has 15 heavy (non-hydrogen) atoms. The first kappa shape index (κ1) is 12.7. The van der Waals surface area contributed by atoms with E-state index in [0.29, 0.717) is 18.5 Å². The Bertz CT molecular complexity index is 325. The summed E-state index contributed by atoms with van der Waals surface area (Å²) in [6.07, 6.45) is 0. The van der Waals surface area contributed by atoms with Gasteiger partial charge in [-0.3, -0.25) is 0 Å². The van der Waals surface area contributed by atoms with Crippen molar-refractivity contribution in [1.29, 1.82) is 0 Å². The van der Waals surface area contributed by atoms with Crippen molar-refractivity contribution in [1.82, 2.24) is 5.32 Å². The molecule has 0 aliphatic rings. The van der Waals surface area contributed by atoms with Crippen LogP contribution in [0.1, 0.15) is 26.3 Å². The second-order valence-electron chi connectivity index (χ2n) is 4.15. The standard InChI is InChI=1S/C12H17BrFN/c1-8(2)9(3)15-7-10-6-11(14)4-5-12(10)13/h4-6,8-9,15H,7H2,1-3H3. The van der Waals surface area contributed by atoms with Gasteiger partial charge in [0, 0.05) is 17.1 Å². The van der Waals surface area contributed by atoms with Crippen molar-refractivity contribution in [2.45, 2.75) is 33.4 Å². The van der Waals surface area contributed by atoms with Crippen LogP contribution in [0.4, 0.5) is 4.39 Å². The average Bonchev–Trinajstić information content (AvgIpc) is 2.18. The Kier molecular flexibility index (Phi) is 4.74. The fourth-order valence-corrected chi connectivity index (χ4v) is 1.57. The van der Waals surface area contributed by atoms with E-state index in [0.717, 1.165) is 10.0 Å². The van der Waals surface area contributed by atoms with Gasteiger partial charge in [0.2, 0.25) is 0 Å². The quantitative estimate of drug-likeness (QED) is 0.882. The highest BCUT2D eigenvalue weighted by molar-refractivity contribution is 9.10. The molecule has 0 saturated heterocycles. The van der Waals surface area contributed by atoms with Gasteiger partial charge >= 0.3 is 0 Å². The van der Waals surface area contributed by atoms with Crippen LogP contribution in [0.5, 0.6) is 0 Å². The third-order valence-corrected chi connectivity index (χ3v) is 3.40. The number of benzene rings is 1. The van der Waals surface area contributed by atoms with E-state index in [1.165, 1.54) is 6.07 Å². The van der Waals surface area contributed by atoms with Gasteiger partial charge in [0.1, 0.15) is 5.82 Å². The molecule has 0 spiro atoms. The van der Waals surface area contributed by atoms with Crippen LogP contribution in [-0.2, 0) is 6.54 Å². The Labute approximate surface area is 99.2 Å². The Morgan fingerprint density at radius 2 is 2.00 bits per heavy atom. The van der Waals surface area contributed by atoms with Gasteiger partial charge in [-0.2, -0.15) is 0 Å². The summed E-state index contributed by atoms with van der Waals surface area (Å²) in [4.78, 5) is 0. The summed E-state index contributed by atoms with van der Waals surface area (Å²) in [6, 6.07) is 5.19. The molecule has 0 bridgehead atoms.